The largest absolute Gasteiger partial charge is 0.482 e. The van der Waals surface area contributed by atoms with Crippen molar-refractivity contribution in [2.75, 3.05) is 18.1 Å². The van der Waals surface area contributed by atoms with Crippen LogP contribution in [0.2, 0.25) is 0 Å². The molecule has 1 saturated heterocycles. The number of benzene rings is 2. The number of ether oxygens (including phenoxy) is 2. The first-order chi connectivity index (χ1) is 16.9. The maximum absolute atomic E-state index is 13.6. The number of nitrogens with zero attached hydrogens (tertiary/aromatic N) is 1. The summed E-state index contributed by atoms with van der Waals surface area (Å²) in [5.74, 6) is -2.81. The number of amides is 2. The van der Waals surface area contributed by atoms with Crippen LogP contribution in [-0.2, 0) is 19.1 Å². The van der Waals surface area contributed by atoms with E-state index >= 15 is 0 Å². The minimum atomic E-state index is -0.781. The van der Waals surface area contributed by atoms with Crippen LogP contribution < -0.4 is 14.5 Å². The molecule has 5 rings (SSSR count). The van der Waals surface area contributed by atoms with E-state index in [2.05, 4.69) is 4.98 Å². The number of nitrogens with one attached hydrogen (secondary N) is 1. The predicted molar refractivity (Wildman–Crippen MR) is 127 cm³/mol. The minimum absolute atomic E-state index is 0.237. The lowest BCUT2D eigenvalue weighted by Crippen LogP contribution is -2.32. The molecule has 3 atom stereocenters. The minimum Gasteiger partial charge on any atom is -0.482 e. The molecule has 3 aromatic rings. The zero-order valence-electron chi connectivity index (χ0n) is 18.4. The summed E-state index contributed by atoms with van der Waals surface area (Å²) >= 11 is 2.16. The van der Waals surface area contributed by atoms with Crippen LogP contribution in [0.3, 0.4) is 0 Å². The van der Waals surface area contributed by atoms with E-state index in [0.717, 1.165) is 28.0 Å². The molecule has 180 valence electrons. The Labute approximate surface area is 207 Å². The zero-order chi connectivity index (χ0) is 24.7. The van der Waals surface area contributed by atoms with E-state index in [1.807, 2.05) is 0 Å². The second-order valence-corrected chi connectivity index (χ2v) is 10.1. The molecule has 2 unspecified atom stereocenters. The molecule has 1 N–H and O–H groups in total. The molecule has 2 aliphatic rings. The molecule has 11 heteroatoms. The third-order valence-corrected chi connectivity index (χ3v) is 8.19. The van der Waals surface area contributed by atoms with Crippen LogP contribution in [0.5, 0.6) is 5.75 Å². The monoisotopic (exact) mass is 514 g/mol. The van der Waals surface area contributed by atoms with E-state index in [9.17, 15) is 23.6 Å². The van der Waals surface area contributed by atoms with Gasteiger partial charge in [-0.15, -0.1) is 0 Å². The maximum atomic E-state index is 13.6. The van der Waals surface area contributed by atoms with Gasteiger partial charge in [0.25, 0.3) is 0 Å². The Kier molecular flexibility index (Phi) is 6.20. The van der Waals surface area contributed by atoms with Crippen molar-refractivity contribution in [3.8, 4) is 5.75 Å². The van der Waals surface area contributed by atoms with Gasteiger partial charge in [-0.3, -0.25) is 14.4 Å². The number of carbonyl (C=O) groups excluding carboxylic acids is 3. The Balaban J connectivity index is 1.53. The Morgan fingerprint density at radius 2 is 1.89 bits per heavy atom. The topological polar surface area (TPSA) is 106 Å². The maximum Gasteiger partial charge on any atom is 0.344 e. The summed E-state index contributed by atoms with van der Waals surface area (Å²) in [7, 11) is 0. The van der Waals surface area contributed by atoms with E-state index in [1.165, 1.54) is 24.3 Å². The number of aromatic amines is 1. The molecule has 2 amide bonds. The second kappa shape index (κ2) is 9.31. The van der Waals surface area contributed by atoms with Gasteiger partial charge in [0.05, 0.1) is 23.2 Å². The molecule has 0 aliphatic carbocycles. The molecular formula is C24H19FN2O6S2. The average Bonchev–Trinajstić information content (AvgIpc) is 3.33. The van der Waals surface area contributed by atoms with E-state index < -0.39 is 40.7 Å². The van der Waals surface area contributed by atoms with E-state index in [1.54, 1.807) is 31.2 Å². The van der Waals surface area contributed by atoms with Crippen LogP contribution >= 0.6 is 23.1 Å². The second-order valence-electron chi connectivity index (χ2n) is 7.90. The number of hydrogen-bond acceptors (Lipinski definition) is 8. The fraction of sp³-hybridized carbons (Fsp3) is 0.250. The number of esters is 1. The normalized spacial score (nSPS) is 21.0. The summed E-state index contributed by atoms with van der Waals surface area (Å²) < 4.78 is 23.9. The zero-order valence-corrected chi connectivity index (χ0v) is 20.0. The van der Waals surface area contributed by atoms with Crippen molar-refractivity contribution in [2.45, 2.75) is 23.1 Å². The molecule has 0 saturated carbocycles. The molecule has 2 aromatic carbocycles. The number of carbonyl (C=O) groups is 3. The molecule has 8 nitrogen and oxygen atoms in total. The number of hydrogen-bond donors (Lipinski definition) is 1. The molecular weight excluding hydrogens is 495 g/mol. The molecule has 0 spiro atoms. The highest BCUT2D eigenvalue weighted by Crippen LogP contribution is 2.53. The van der Waals surface area contributed by atoms with Gasteiger partial charge in [-0.05, 0) is 48.9 Å². The highest BCUT2D eigenvalue weighted by atomic mass is 32.2. The van der Waals surface area contributed by atoms with Crippen LogP contribution in [-0.4, -0.2) is 41.2 Å². The molecule has 0 bridgehead atoms. The van der Waals surface area contributed by atoms with Gasteiger partial charge in [0, 0.05) is 10.8 Å². The first-order valence-electron chi connectivity index (χ1n) is 10.8. The summed E-state index contributed by atoms with van der Waals surface area (Å²) in [6, 6.07) is 12.1. The average molecular weight is 515 g/mol. The highest BCUT2D eigenvalue weighted by molar-refractivity contribution is 8.00. The fourth-order valence-electron chi connectivity index (χ4n) is 4.36. The van der Waals surface area contributed by atoms with Crippen molar-refractivity contribution in [1.82, 2.24) is 4.98 Å². The number of halogens is 1. The summed E-state index contributed by atoms with van der Waals surface area (Å²) in [5.41, 5.74) is 0.957. The number of H-pyrrole nitrogens is 1. The van der Waals surface area contributed by atoms with Gasteiger partial charge in [0.2, 0.25) is 11.8 Å². The third kappa shape index (κ3) is 4.25. The standard InChI is InChI=1S/C24H19FN2O6S2/c1-2-32-16(28)11-33-15-5-3-4-12(10-15)17-18-20(34-21-19(17)35-24(31)26-21)23(30)27(22(18)29)14-8-6-13(25)7-9-14/h3-10,17-18,20H,2,11H2,1H3,(H,26,31)/t17-,18?,20?/m1/s1. The molecule has 1 aromatic heterocycles. The number of fused-ring (bicyclic) bond motifs is 2. The Morgan fingerprint density at radius 1 is 1.11 bits per heavy atom. The van der Waals surface area contributed by atoms with Crippen molar-refractivity contribution >= 4 is 46.6 Å². The molecule has 2 aliphatic heterocycles. The lowest BCUT2D eigenvalue weighted by Gasteiger charge is -2.30. The van der Waals surface area contributed by atoms with Gasteiger partial charge in [0.1, 0.15) is 16.8 Å². The van der Waals surface area contributed by atoms with Gasteiger partial charge >= 0.3 is 10.8 Å². The number of anilines is 1. The van der Waals surface area contributed by atoms with Crippen LogP contribution in [0.15, 0.2) is 58.4 Å². The van der Waals surface area contributed by atoms with Crippen molar-refractivity contribution in [2.24, 2.45) is 5.92 Å². The SMILES string of the molecule is CCOC(=O)COc1cccc([C@H]2c3sc(=O)[nH]c3SC3C(=O)N(c4ccc(F)cc4)C(=O)C32)c1. The van der Waals surface area contributed by atoms with Gasteiger partial charge < -0.3 is 14.5 Å². The van der Waals surface area contributed by atoms with Gasteiger partial charge in [0.15, 0.2) is 6.61 Å². The van der Waals surface area contributed by atoms with E-state index in [4.69, 9.17) is 9.47 Å². The Bertz CT molecular complexity index is 1370. The number of thiazole rings is 1. The molecule has 0 radical (unpaired) electrons. The van der Waals surface area contributed by atoms with Crippen LogP contribution in [0.25, 0.3) is 0 Å². The predicted octanol–water partition coefficient (Wildman–Crippen LogP) is 3.31. The smallest absolute Gasteiger partial charge is 0.344 e. The van der Waals surface area contributed by atoms with Gasteiger partial charge in [-0.2, -0.15) is 0 Å². The van der Waals surface area contributed by atoms with Crippen molar-refractivity contribution in [3.05, 3.63) is 74.5 Å². The van der Waals surface area contributed by atoms with Crippen molar-refractivity contribution < 1.29 is 28.2 Å². The Hall–Kier alpha value is -3.44. The molecule has 3 heterocycles. The van der Waals surface area contributed by atoms with E-state index in [0.29, 0.717) is 26.9 Å². The van der Waals surface area contributed by atoms with Crippen LogP contribution in [0.1, 0.15) is 23.3 Å². The van der Waals surface area contributed by atoms with Crippen molar-refractivity contribution in [3.63, 3.8) is 0 Å². The number of aromatic nitrogens is 1. The molecule has 1 fully saturated rings. The van der Waals surface area contributed by atoms with E-state index in [-0.39, 0.29) is 18.1 Å². The summed E-state index contributed by atoms with van der Waals surface area (Å²) in [6.45, 7) is 1.66. The van der Waals surface area contributed by atoms with Crippen LogP contribution in [0, 0.1) is 11.7 Å². The Morgan fingerprint density at radius 3 is 2.63 bits per heavy atom. The summed E-state index contributed by atoms with van der Waals surface area (Å²) in [5, 5.41) is -0.217. The number of rotatable bonds is 6. The third-order valence-electron chi connectivity index (χ3n) is 5.79. The number of thioether (sulfide) groups is 1. The van der Waals surface area contributed by atoms with Gasteiger partial charge in [-0.25, -0.2) is 14.1 Å². The lowest BCUT2D eigenvalue weighted by atomic mass is 9.83. The number of imide groups is 1. The van der Waals surface area contributed by atoms with Crippen LogP contribution in [0.4, 0.5) is 10.1 Å². The fourth-order valence-corrected chi connectivity index (χ4v) is 6.88. The molecule has 35 heavy (non-hydrogen) atoms. The quantitative estimate of drug-likeness (QED) is 0.397. The highest BCUT2D eigenvalue weighted by Gasteiger charge is 2.56. The van der Waals surface area contributed by atoms with Crippen molar-refractivity contribution in [1.29, 1.82) is 0 Å². The summed E-state index contributed by atoms with van der Waals surface area (Å²) in [4.78, 5) is 55.1. The van der Waals surface area contributed by atoms with Gasteiger partial charge in [-0.1, -0.05) is 35.2 Å². The lowest BCUT2D eigenvalue weighted by molar-refractivity contribution is -0.145. The summed E-state index contributed by atoms with van der Waals surface area (Å²) in [6.07, 6.45) is 0. The first kappa shape index (κ1) is 23.3. The first-order valence-corrected chi connectivity index (χ1v) is 12.5.